The van der Waals surface area contributed by atoms with Crippen LogP contribution in [-0.2, 0) is 17.5 Å². The number of halogens is 6. The van der Waals surface area contributed by atoms with Gasteiger partial charge in [-0.25, -0.2) is 0 Å². The van der Waals surface area contributed by atoms with Gasteiger partial charge in [0.1, 0.15) is 5.69 Å². The van der Waals surface area contributed by atoms with Crippen LogP contribution in [0.15, 0.2) is 42.6 Å². The topological polar surface area (TPSA) is 56.0 Å². The van der Waals surface area contributed by atoms with Crippen LogP contribution in [0.25, 0.3) is 11.1 Å². The Kier molecular flexibility index (Phi) is 6.47. The van der Waals surface area contributed by atoms with Crippen molar-refractivity contribution in [1.82, 2.24) is 4.98 Å². The van der Waals surface area contributed by atoms with E-state index in [2.05, 4.69) is 4.98 Å². The fourth-order valence-electron chi connectivity index (χ4n) is 1.61. The maximum absolute atomic E-state index is 12.4. The molecule has 0 unspecified atom stereocenters. The molecule has 0 aliphatic carbocycles. The second-order valence-electron chi connectivity index (χ2n) is 4.49. The van der Waals surface area contributed by atoms with E-state index in [1.807, 2.05) is 24.3 Å². The summed E-state index contributed by atoms with van der Waals surface area (Å²) in [5.74, 6) is 0. The van der Waals surface area contributed by atoms with Crippen molar-refractivity contribution in [3.8, 4) is 11.1 Å². The molecule has 0 spiro atoms. The summed E-state index contributed by atoms with van der Waals surface area (Å²) >= 11 is 0. The van der Waals surface area contributed by atoms with E-state index in [9.17, 15) is 26.3 Å². The Hall–Kier alpha value is -2.42. The minimum atomic E-state index is -4.64. The minimum Gasteiger partial charge on any atom is -0.326 e. The number of nitrogens with zero attached hydrogens (tertiary/aromatic N) is 1. The monoisotopic (exact) mass is 350 g/mol. The molecule has 1 aromatic carbocycles. The molecule has 24 heavy (non-hydrogen) atoms. The number of aromatic nitrogens is 1. The Morgan fingerprint density at radius 3 is 2.04 bits per heavy atom. The molecular weight excluding hydrogens is 338 g/mol. The molecular formula is C15H12F6N2O. The van der Waals surface area contributed by atoms with Gasteiger partial charge in [0.15, 0.2) is 0 Å². The average molecular weight is 350 g/mol. The van der Waals surface area contributed by atoms with Gasteiger partial charge in [-0.15, -0.1) is 0 Å². The average Bonchev–Trinajstić information content (AvgIpc) is 2.54. The van der Waals surface area contributed by atoms with Crippen LogP contribution >= 0.6 is 0 Å². The molecule has 1 aromatic heterocycles. The SMILES string of the molecule is NCc1cccc(-c2ccc(C(F)(F)F)nc2)c1.O=CC(F)(F)F. The molecule has 0 atom stereocenters. The van der Waals surface area contributed by atoms with Crippen molar-refractivity contribution in [2.75, 3.05) is 0 Å². The van der Waals surface area contributed by atoms with Crippen molar-refractivity contribution >= 4 is 6.29 Å². The molecule has 1 heterocycles. The molecule has 0 fully saturated rings. The zero-order valence-electron chi connectivity index (χ0n) is 12.0. The van der Waals surface area contributed by atoms with Crippen molar-refractivity contribution in [3.05, 3.63) is 53.9 Å². The number of benzene rings is 1. The number of nitrogens with two attached hydrogens (primary N) is 1. The first-order chi connectivity index (χ1) is 11.1. The zero-order chi connectivity index (χ0) is 18.4. The third kappa shape index (κ3) is 6.37. The highest BCUT2D eigenvalue weighted by Gasteiger charge is 2.32. The number of hydrogen-bond acceptors (Lipinski definition) is 3. The third-order valence-electron chi connectivity index (χ3n) is 2.68. The largest absolute Gasteiger partial charge is 0.446 e. The quantitative estimate of drug-likeness (QED) is 0.659. The smallest absolute Gasteiger partial charge is 0.326 e. The van der Waals surface area contributed by atoms with E-state index in [4.69, 9.17) is 10.5 Å². The fourth-order valence-corrected chi connectivity index (χ4v) is 1.61. The lowest BCUT2D eigenvalue weighted by molar-refractivity contribution is -0.156. The van der Waals surface area contributed by atoms with E-state index in [1.54, 1.807) is 0 Å². The fraction of sp³-hybridized carbons (Fsp3) is 0.200. The summed E-state index contributed by atoms with van der Waals surface area (Å²) in [5, 5.41) is 0. The molecule has 9 heteroatoms. The molecule has 0 aliphatic rings. The molecule has 3 nitrogen and oxygen atoms in total. The summed E-state index contributed by atoms with van der Waals surface area (Å²) < 4.78 is 68.3. The van der Waals surface area contributed by atoms with Gasteiger partial charge in [0.05, 0.1) is 0 Å². The maximum atomic E-state index is 12.4. The van der Waals surface area contributed by atoms with Gasteiger partial charge in [-0.1, -0.05) is 24.3 Å². The van der Waals surface area contributed by atoms with Crippen molar-refractivity contribution in [2.45, 2.75) is 18.9 Å². The molecule has 0 saturated carbocycles. The molecule has 0 saturated heterocycles. The van der Waals surface area contributed by atoms with Gasteiger partial charge in [-0.05, 0) is 23.3 Å². The van der Waals surface area contributed by atoms with E-state index in [1.165, 1.54) is 12.3 Å². The van der Waals surface area contributed by atoms with E-state index in [0.29, 0.717) is 12.1 Å². The molecule has 2 rings (SSSR count). The van der Waals surface area contributed by atoms with Gasteiger partial charge in [0, 0.05) is 18.3 Å². The van der Waals surface area contributed by atoms with Gasteiger partial charge in [0.25, 0.3) is 0 Å². The zero-order valence-corrected chi connectivity index (χ0v) is 12.0. The number of carbonyl (C=O) groups is 1. The van der Waals surface area contributed by atoms with Gasteiger partial charge >= 0.3 is 12.4 Å². The standard InChI is InChI=1S/C13H11F3N2.C2HF3O/c14-13(15,16)12-5-4-11(8-18-12)10-3-1-2-9(6-10)7-17;3-2(4,5)1-6/h1-6,8H,7,17H2;1H. The summed E-state index contributed by atoms with van der Waals surface area (Å²) in [4.78, 5) is 12.1. The predicted molar refractivity (Wildman–Crippen MR) is 74.7 cm³/mol. The molecule has 0 amide bonds. The first-order valence-electron chi connectivity index (χ1n) is 6.42. The highest BCUT2D eigenvalue weighted by Crippen LogP contribution is 2.29. The van der Waals surface area contributed by atoms with Crippen LogP contribution in [0, 0.1) is 0 Å². The van der Waals surface area contributed by atoms with Crippen LogP contribution < -0.4 is 5.73 Å². The van der Waals surface area contributed by atoms with Crippen molar-refractivity contribution < 1.29 is 31.1 Å². The van der Waals surface area contributed by atoms with Crippen LogP contribution in [0.3, 0.4) is 0 Å². The van der Waals surface area contributed by atoms with Gasteiger partial charge in [-0.3, -0.25) is 9.78 Å². The summed E-state index contributed by atoms with van der Waals surface area (Å²) in [7, 11) is 0. The second kappa shape index (κ2) is 7.91. The van der Waals surface area contributed by atoms with Crippen molar-refractivity contribution in [1.29, 1.82) is 0 Å². The van der Waals surface area contributed by atoms with Crippen LogP contribution in [0.5, 0.6) is 0 Å². The molecule has 2 aromatic rings. The lowest BCUT2D eigenvalue weighted by Gasteiger charge is -2.07. The second-order valence-corrected chi connectivity index (χ2v) is 4.49. The number of rotatable bonds is 2. The first kappa shape index (κ1) is 19.6. The van der Waals surface area contributed by atoms with Crippen LogP contribution in [0.1, 0.15) is 11.3 Å². The predicted octanol–water partition coefficient (Wildman–Crippen LogP) is 3.97. The summed E-state index contributed by atoms with van der Waals surface area (Å²) in [6.07, 6.45) is -8.89. The van der Waals surface area contributed by atoms with Crippen LogP contribution in [0.2, 0.25) is 0 Å². The number of hydrogen-bond donors (Lipinski definition) is 1. The molecule has 2 N–H and O–H groups in total. The van der Waals surface area contributed by atoms with Crippen molar-refractivity contribution in [2.24, 2.45) is 5.73 Å². The number of pyridine rings is 1. The normalized spacial score (nSPS) is 11.5. The highest BCUT2D eigenvalue weighted by molar-refractivity contribution is 5.63. The molecule has 0 radical (unpaired) electrons. The van der Waals surface area contributed by atoms with Gasteiger partial charge in [0.2, 0.25) is 6.29 Å². The summed E-state index contributed by atoms with van der Waals surface area (Å²) in [6, 6.07) is 9.71. The summed E-state index contributed by atoms with van der Waals surface area (Å²) in [5.41, 5.74) is 6.99. The number of carbonyl (C=O) groups excluding carboxylic acids is 1. The highest BCUT2D eigenvalue weighted by atomic mass is 19.4. The Balaban J connectivity index is 0.000000413. The van der Waals surface area contributed by atoms with Gasteiger partial charge < -0.3 is 5.73 Å². The number of aldehydes is 1. The number of alkyl halides is 6. The first-order valence-corrected chi connectivity index (χ1v) is 6.42. The van der Waals surface area contributed by atoms with Crippen LogP contribution in [0.4, 0.5) is 26.3 Å². The van der Waals surface area contributed by atoms with Crippen LogP contribution in [-0.4, -0.2) is 17.4 Å². The Morgan fingerprint density at radius 2 is 1.62 bits per heavy atom. The summed E-state index contributed by atoms with van der Waals surface area (Å²) in [6.45, 7) is 0.391. The maximum Gasteiger partial charge on any atom is 0.446 e. The molecule has 0 bridgehead atoms. The van der Waals surface area contributed by atoms with Gasteiger partial charge in [-0.2, -0.15) is 26.3 Å². The lowest BCUT2D eigenvalue weighted by atomic mass is 10.0. The van der Waals surface area contributed by atoms with Crippen molar-refractivity contribution in [3.63, 3.8) is 0 Å². The Labute approximate surface area is 133 Å². The lowest BCUT2D eigenvalue weighted by Crippen LogP contribution is -2.07. The Morgan fingerprint density at radius 1 is 1.00 bits per heavy atom. The molecule has 0 aliphatic heterocycles. The van der Waals surface area contributed by atoms with E-state index in [-0.39, 0.29) is 0 Å². The third-order valence-corrected chi connectivity index (χ3v) is 2.68. The van der Waals surface area contributed by atoms with E-state index >= 15 is 0 Å². The minimum absolute atomic E-state index is 0.391. The van der Waals surface area contributed by atoms with E-state index < -0.39 is 24.3 Å². The van der Waals surface area contributed by atoms with E-state index in [0.717, 1.165) is 17.2 Å². The Bertz CT molecular complexity index is 665. The molecule has 130 valence electrons.